The molecule has 2 N–H and O–H groups in total. The van der Waals surface area contributed by atoms with Gasteiger partial charge < -0.3 is 5.32 Å². The Morgan fingerprint density at radius 2 is 2.19 bits per heavy atom. The Labute approximate surface area is 165 Å². The summed E-state index contributed by atoms with van der Waals surface area (Å²) in [5.74, 6) is -0.435. The molecule has 0 aromatic carbocycles. The number of carbonyl (C=O) groups excluding carboxylic acids is 2. The molecule has 1 aliphatic heterocycles. The average Bonchev–Trinajstić information content (AvgIpc) is 3.26. The molecule has 0 bridgehead atoms. The second-order valence-corrected chi connectivity index (χ2v) is 10.1. The predicted molar refractivity (Wildman–Crippen MR) is 106 cm³/mol. The lowest BCUT2D eigenvalue weighted by Gasteiger charge is -2.31. The number of thiazole rings is 1. The van der Waals surface area contributed by atoms with Crippen LogP contribution in [-0.4, -0.2) is 54.9 Å². The molecule has 1 aliphatic rings. The van der Waals surface area contributed by atoms with Crippen LogP contribution in [0.5, 0.6) is 0 Å². The molecule has 1 fully saturated rings. The van der Waals surface area contributed by atoms with E-state index in [1.165, 1.54) is 33.2 Å². The monoisotopic (exact) mass is 428 g/mol. The normalized spacial score (nSPS) is 18.2. The van der Waals surface area contributed by atoms with Crippen molar-refractivity contribution in [3.63, 3.8) is 0 Å². The maximum absolute atomic E-state index is 12.3. The number of thiophene rings is 1. The van der Waals surface area contributed by atoms with Gasteiger partial charge in [0.25, 0.3) is 5.91 Å². The number of anilines is 1. The highest BCUT2D eigenvalue weighted by Gasteiger charge is 2.26. The number of hydrogen-bond acceptors (Lipinski definition) is 7. The molecular weight excluding hydrogens is 408 g/mol. The molecule has 27 heavy (non-hydrogen) atoms. The van der Waals surface area contributed by atoms with Gasteiger partial charge in [-0.15, -0.1) is 22.7 Å². The molecule has 0 spiro atoms. The summed E-state index contributed by atoms with van der Waals surface area (Å²) < 4.78 is 24.7. The van der Waals surface area contributed by atoms with Gasteiger partial charge in [0.2, 0.25) is 15.9 Å². The maximum Gasteiger partial charge on any atom is 0.267 e. The summed E-state index contributed by atoms with van der Waals surface area (Å²) in [6.07, 6.45) is 2.73. The van der Waals surface area contributed by atoms with Crippen LogP contribution in [0.2, 0.25) is 0 Å². The van der Waals surface area contributed by atoms with Crippen molar-refractivity contribution in [3.8, 4) is 0 Å². The predicted octanol–water partition coefficient (Wildman–Crippen LogP) is 1.54. The second-order valence-electron chi connectivity index (χ2n) is 6.28. The van der Waals surface area contributed by atoms with Crippen molar-refractivity contribution in [1.29, 1.82) is 0 Å². The lowest BCUT2D eigenvalue weighted by Crippen LogP contribution is -2.49. The highest BCUT2D eigenvalue weighted by molar-refractivity contribution is 7.88. The van der Waals surface area contributed by atoms with E-state index in [2.05, 4.69) is 15.6 Å². The largest absolute Gasteiger partial charge is 0.352 e. The van der Waals surface area contributed by atoms with Crippen LogP contribution in [0.1, 0.15) is 28.2 Å². The standard InChI is InChI=1S/C16H20N4O4S3/c1-27(23,24)20-6-2-4-11(9-20)17-14(21)8-12-10-26-16(18-12)19-15(22)13-5-3-7-25-13/h3,5,7,10-11H,2,4,6,8-9H2,1H3,(H,17,21)(H,18,19,22). The summed E-state index contributed by atoms with van der Waals surface area (Å²) >= 11 is 2.60. The Morgan fingerprint density at radius 3 is 2.89 bits per heavy atom. The molecular formula is C16H20N4O4S3. The number of nitrogens with zero attached hydrogens (tertiary/aromatic N) is 2. The van der Waals surface area contributed by atoms with Gasteiger partial charge in [-0.1, -0.05) is 6.07 Å². The molecule has 2 amide bonds. The van der Waals surface area contributed by atoms with E-state index in [0.29, 0.717) is 35.2 Å². The molecule has 1 atom stereocenters. The maximum atomic E-state index is 12.3. The first kappa shape index (κ1) is 19.9. The zero-order chi connectivity index (χ0) is 19.4. The average molecular weight is 429 g/mol. The summed E-state index contributed by atoms with van der Waals surface area (Å²) in [4.78, 5) is 29.1. The summed E-state index contributed by atoms with van der Waals surface area (Å²) in [5, 5.41) is 9.58. The number of amides is 2. The van der Waals surface area contributed by atoms with Gasteiger partial charge in [-0.05, 0) is 24.3 Å². The number of hydrogen-bond donors (Lipinski definition) is 2. The number of aromatic nitrogens is 1. The third kappa shape index (κ3) is 5.58. The van der Waals surface area contributed by atoms with Crippen molar-refractivity contribution in [1.82, 2.24) is 14.6 Å². The fraction of sp³-hybridized carbons (Fsp3) is 0.438. The molecule has 8 nitrogen and oxygen atoms in total. The summed E-state index contributed by atoms with van der Waals surface area (Å²) in [7, 11) is -3.25. The Hall–Kier alpha value is -1.82. The van der Waals surface area contributed by atoms with Gasteiger partial charge in [-0.25, -0.2) is 17.7 Å². The first-order valence-electron chi connectivity index (χ1n) is 8.35. The Morgan fingerprint density at radius 1 is 1.37 bits per heavy atom. The highest BCUT2D eigenvalue weighted by Crippen LogP contribution is 2.19. The van der Waals surface area contributed by atoms with E-state index in [4.69, 9.17) is 0 Å². The van der Waals surface area contributed by atoms with E-state index >= 15 is 0 Å². The molecule has 0 aliphatic carbocycles. The molecule has 0 radical (unpaired) electrons. The van der Waals surface area contributed by atoms with Gasteiger partial charge in [-0.2, -0.15) is 0 Å². The van der Waals surface area contributed by atoms with Crippen molar-refractivity contribution in [2.24, 2.45) is 0 Å². The quantitative estimate of drug-likeness (QED) is 0.726. The lowest BCUT2D eigenvalue weighted by atomic mass is 10.1. The van der Waals surface area contributed by atoms with Crippen LogP contribution in [0, 0.1) is 0 Å². The van der Waals surface area contributed by atoms with E-state index in [1.54, 1.807) is 17.5 Å². The van der Waals surface area contributed by atoms with E-state index in [1.807, 2.05) is 5.38 Å². The van der Waals surface area contributed by atoms with Crippen LogP contribution in [0.4, 0.5) is 5.13 Å². The van der Waals surface area contributed by atoms with Gasteiger partial charge in [0.1, 0.15) is 0 Å². The molecule has 146 valence electrons. The van der Waals surface area contributed by atoms with E-state index in [-0.39, 0.29) is 24.3 Å². The van der Waals surface area contributed by atoms with Crippen molar-refractivity contribution in [2.45, 2.75) is 25.3 Å². The number of rotatable bonds is 6. The third-order valence-corrected chi connectivity index (χ3v) is 7.02. The van der Waals surface area contributed by atoms with Crippen LogP contribution in [0.15, 0.2) is 22.9 Å². The minimum atomic E-state index is -3.25. The molecule has 1 saturated heterocycles. The SMILES string of the molecule is CS(=O)(=O)N1CCCC(NC(=O)Cc2csc(NC(=O)c3cccs3)n2)C1. The Kier molecular flexibility index (Phi) is 6.25. The zero-order valence-electron chi connectivity index (χ0n) is 14.7. The number of sulfonamides is 1. The lowest BCUT2D eigenvalue weighted by molar-refractivity contribution is -0.121. The fourth-order valence-corrected chi connectivity index (χ4v) is 5.05. The van der Waals surface area contributed by atoms with Crippen molar-refractivity contribution in [3.05, 3.63) is 33.5 Å². The summed E-state index contributed by atoms with van der Waals surface area (Å²) in [6, 6.07) is 3.33. The number of carbonyl (C=O) groups is 2. The first-order chi connectivity index (χ1) is 12.8. The Bertz CT molecular complexity index is 908. The van der Waals surface area contributed by atoms with Crippen LogP contribution >= 0.6 is 22.7 Å². The zero-order valence-corrected chi connectivity index (χ0v) is 17.1. The minimum absolute atomic E-state index is 0.0841. The van der Waals surface area contributed by atoms with Crippen LogP contribution < -0.4 is 10.6 Å². The van der Waals surface area contributed by atoms with Crippen LogP contribution in [-0.2, 0) is 21.2 Å². The van der Waals surface area contributed by atoms with Gasteiger partial charge in [0.05, 0.1) is 23.2 Å². The van der Waals surface area contributed by atoms with E-state index in [0.717, 1.165) is 6.42 Å². The Balaban J connectivity index is 1.51. The smallest absolute Gasteiger partial charge is 0.267 e. The minimum Gasteiger partial charge on any atom is -0.352 e. The molecule has 11 heteroatoms. The number of piperidine rings is 1. The van der Waals surface area contributed by atoms with E-state index < -0.39 is 10.0 Å². The molecule has 3 rings (SSSR count). The van der Waals surface area contributed by atoms with Crippen molar-refractivity contribution < 1.29 is 18.0 Å². The van der Waals surface area contributed by atoms with Gasteiger partial charge in [0, 0.05) is 24.5 Å². The molecule has 2 aromatic heterocycles. The summed E-state index contributed by atoms with van der Waals surface area (Å²) in [5.41, 5.74) is 0.565. The summed E-state index contributed by atoms with van der Waals surface area (Å²) in [6.45, 7) is 0.786. The third-order valence-electron chi connectivity index (χ3n) is 4.08. The molecule has 2 aromatic rings. The molecule has 1 unspecified atom stereocenters. The highest BCUT2D eigenvalue weighted by atomic mass is 32.2. The van der Waals surface area contributed by atoms with Crippen LogP contribution in [0.25, 0.3) is 0 Å². The topological polar surface area (TPSA) is 108 Å². The van der Waals surface area contributed by atoms with E-state index in [9.17, 15) is 18.0 Å². The molecule has 3 heterocycles. The second kappa shape index (κ2) is 8.46. The van der Waals surface area contributed by atoms with Crippen molar-refractivity contribution in [2.75, 3.05) is 24.7 Å². The molecule has 0 saturated carbocycles. The fourth-order valence-electron chi connectivity index (χ4n) is 2.82. The van der Waals surface area contributed by atoms with Gasteiger partial charge in [0.15, 0.2) is 5.13 Å². The van der Waals surface area contributed by atoms with Gasteiger partial charge >= 0.3 is 0 Å². The van der Waals surface area contributed by atoms with Crippen molar-refractivity contribution >= 4 is 49.6 Å². The van der Waals surface area contributed by atoms with Crippen LogP contribution in [0.3, 0.4) is 0 Å². The first-order valence-corrected chi connectivity index (χ1v) is 12.0. The van der Waals surface area contributed by atoms with Gasteiger partial charge in [-0.3, -0.25) is 14.9 Å². The number of nitrogens with one attached hydrogen (secondary N) is 2.